The van der Waals surface area contributed by atoms with E-state index < -0.39 is 6.10 Å². The Morgan fingerprint density at radius 2 is 1.87 bits per heavy atom. The molecule has 0 heterocycles. The molecule has 23 heavy (non-hydrogen) atoms. The van der Waals surface area contributed by atoms with Crippen LogP contribution in [0.15, 0.2) is 58.1 Å². The molecule has 4 nitrogen and oxygen atoms in total. The average Bonchev–Trinajstić information content (AvgIpc) is 2.57. The summed E-state index contributed by atoms with van der Waals surface area (Å²) in [5, 5.41) is 3.94. The molecule has 2 rings (SSSR count). The molecule has 2 aromatic carbocycles. The minimum absolute atomic E-state index is 0.294. The van der Waals surface area contributed by atoms with Crippen LogP contribution in [0.3, 0.4) is 0 Å². The molecule has 0 saturated heterocycles. The maximum absolute atomic E-state index is 12.0. The summed E-state index contributed by atoms with van der Waals surface area (Å²) in [5.41, 5.74) is 4.61. The van der Waals surface area contributed by atoms with E-state index in [4.69, 9.17) is 4.74 Å². The number of rotatable bonds is 6. The van der Waals surface area contributed by atoms with Crippen molar-refractivity contribution in [2.75, 3.05) is 0 Å². The third-order valence-electron chi connectivity index (χ3n) is 3.27. The van der Waals surface area contributed by atoms with E-state index in [1.54, 1.807) is 13.1 Å². The molecule has 0 aliphatic rings. The lowest BCUT2D eigenvalue weighted by Gasteiger charge is -2.13. The minimum Gasteiger partial charge on any atom is -0.481 e. The van der Waals surface area contributed by atoms with Crippen molar-refractivity contribution in [3.05, 3.63) is 64.1 Å². The van der Waals surface area contributed by atoms with E-state index >= 15 is 0 Å². The number of benzene rings is 2. The van der Waals surface area contributed by atoms with Gasteiger partial charge in [0.05, 0.1) is 6.21 Å². The number of hydrogen-bond donors (Lipinski definition) is 1. The average molecular weight is 375 g/mol. The van der Waals surface area contributed by atoms with Gasteiger partial charge >= 0.3 is 0 Å². The predicted molar refractivity (Wildman–Crippen MR) is 95.8 cm³/mol. The van der Waals surface area contributed by atoms with E-state index in [0.29, 0.717) is 5.75 Å². The second-order valence-corrected chi connectivity index (χ2v) is 5.96. The molecule has 5 heteroatoms. The Morgan fingerprint density at radius 1 is 1.22 bits per heavy atom. The molecule has 0 radical (unpaired) electrons. The van der Waals surface area contributed by atoms with Gasteiger partial charge in [-0.25, -0.2) is 5.43 Å². The fraction of sp³-hybridized carbons (Fsp3) is 0.222. The molecule has 1 amide bonds. The van der Waals surface area contributed by atoms with Gasteiger partial charge in [0.1, 0.15) is 5.75 Å². The zero-order chi connectivity index (χ0) is 16.7. The van der Waals surface area contributed by atoms with Crippen LogP contribution in [0.4, 0.5) is 0 Å². The van der Waals surface area contributed by atoms with Crippen molar-refractivity contribution >= 4 is 28.1 Å². The number of aryl methyl sites for hydroxylation is 1. The van der Waals surface area contributed by atoms with Crippen LogP contribution in [-0.4, -0.2) is 18.2 Å². The van der Waals surface area contributed by atoms with Gasteiger partial charge in [0, 0.05) is 4.47 Å². The maximum Gasteiger partial charge on any atom is 0.280 e. The van der Waals surface area contributed by atoms with Crippen LogP contribution in [-0.2, 0) is 11.2 Å². The van der Waals surface area contributed by atoms with Crippen molar-refractivity contribution in [1.29, 1.82) is 0 Å². The highest BCUT2D eigenvalue weighted by Gasteiger charge is 2.13. The van der Waals surface area contributed by atoms with Crippen LogP contribution in [0.25, 0.3) is 0 Å². The van der Waals surface area contributed by atoms with Gasteiger partial charge in [0.2, 0.25) is 0 Å². The van der Waals surface area contributed by atoms with Crippen LogP contribution in [0.1, 0.15) is 25.0 Å². The number of halogens is 1. The molecule has 0 fully saturated rings. The summed E-state index contributed by atoms with van der Waals surface area (Å²) in [6.07, 6.45) is 1.94. The molecule has 0 aliphatic heterocycles. The molecule has 0 spiro atoms. The van der Waals surface area contributed by atoms with Gasteiger partial charge in [0.25, 0.3) is 5.91 Å². The molecular formula is C18H19BrN2O2. The number of nitrogens with zero attached hydrogens (tertiary/aromatic N) is 1. The summed E-state index contributed by atoms with van der Waals surface area (Å²) < 4.78 is 6.60. The van der Waals surface area contributed by atoms with Crippen LogP contribution < -0.4 is 10.2 Å². The van der Waals surface area contributed by atoms with Crippen LogP contribution in [0.2, 0.25) is 0 Å². The molecule has 0 aromatic heterocycles. The topological polar surface area (TPSA) is 50.7 Å². The van der Waals surface area contributed by atoms with Crippen molar-refractivity contribution in [3.8, 4) is 5.75 Å². The quantitative estimate of drug-likeness (QED) is 0.615. The normalized spacial score (nSPS) is 12.1. The molecule has 0 saturated carbocycles. The molecular weight excluding hydrogens is 356 g/mol. The standard InChI is InChI=1S/C18H19BrN2O2/c1-3-14-6-10-17(11-7-14)23-13(2)18(22)21-20-12-15-4-8-16(19)9-5-15/h4-13H,3H2,1-2H3,(H,21,22). The Labute approximate surface area is 144 Å². The number of ether oxygens (including phenoxy) is 1. The summed E-state index contributed by atoms with van der Waals surface area (Å²) in [4.78, 5) is 12.0. The largest absolute Gasteiger partial charge is 0.481 e. The van der Waals surface area contributed by atoms with Crippen molar-refractivity contribution in [1.82, 2.24) is 5.43 Å². The Balaban J connectivity index is 1.85. The fourth-order valence-electron chi connectivity index (χ4n) is 1.87. The van der Waals surface area contributed by atoms with E-state index in [1.165, 1.54) is 5.56 Å². The van der Waals surface area contributed by atoms with Crippen molar-refractivity contribution < 1.29 is 9.53 Å². The van der Waals surface area contributed by atoms with Gasteiger partial charge < -0.3 is 4.74 Å². The second-order valence-electron chi connectivity index (χ2n) is 5.04. The molecule has 2 aromatic rings. The van der Waals surface area contributed by atoms with Crippen LogP contribution in [0, 0.1) is 0 Å². The summed E-state index contributed by atoms with van der Waals surface area (Å²) in [7, 11) is 0. The monoisotopic (exact) mass is 374 g/mol. The Bertz CT molecular complexity index is 666. The molecule has 1 unspecified atom stereocenters. The van der Waals surface area contributed by atoms with Gasteiger partial charge in [0.15, 0.2) is 6.10 Å². The molecule has 120 valence electrons. The number of nitrogens with one attached hydrogen (secondary N) is 1. The lowest BCUT2D eigenvalue weighted by molar-refractivity contribution is -0.127. The second kappa shape index (κ2) is 8.48. The van der Waals surface area contributed by atoms with Gasteiger partial charge in [-0.2, -0.15) is 5.10 Å². The summed E-state index contributed by atoms with van der Waals surface area (Å²) in [5.74, 6) is 0.375. The Kier molecular flexibility index (Phi) is 6.35. The van der Waals surface area contributed by atoms with Crippen LogP contribution in [0.5, 0.6) is 5.75 Å². The fourth-order valence-corrected chi connectivity index (χ4v) is 2.14. The minimum atomic E-state index is -0.621. The lowest BCUT2D eigenvalue weighted by Crippen LogP contribution is -2.33. The highest BCUT2D eigenvalue weighted by molar-refractivity contribution is 9.10. The van der Waals surface area contributed by atoms with E-state index in [2.05, 4.69) is 33.4 Å². The highest BCUT2D eigenvalue weighted by Crippen LogP contribution is 2.14. The third kappa shape index (κ3) is 5.53. The third-order valence-corrected chi connectivity index (χ3v) is 3.80. The van der Waals surface area contributed by atoms with Gasteiger partial charge in [-0.3, -0.25) is 4.79 Å². The van der Waals surface area contributed by atoms with Crippen molar-refractivity contribution in [3.63, 3.8) is 0 Å². The number of carbonyl (C=O) groups is 1. The maximum atomic E-state index is 12.0. The SMILES string of the molecule is CCc1ccc(OC(C)C(=O)NN=Cc2ccc(Br)cc2)cc1. The lowest BCUT2D eigenvalue weighted by atomic mass is 10.2. The van der Waals surface area contributed by atoms with E-state index in [-0.39, 0.29) is 5.91 Å². The molecule has 1 atom stereocenters. The first-order valence-electron chi connectivity index (χ1n) is 7.42. The predicted octanol–water partition coefficient (Wildman–Crippen LogP) is 3.93. The molecule has 1 N–H and O–H groups in total. The smallest absolute Gasteiger partial charge is 0.280 e. The number of amides is 1. The highest BCUT2D eigenvalue weighted by atomic mass is 79.9. The summed E-state index contributed by atoms with van der Waals surface area (Å²) in [6.45, 7) is 3.79. The van der Waals surface area contributed by atoms with E-state index in [0.717, 1.165) is 16.5 Å². The Hall–Kier alpha value is -2.14. The van der Waals surface area contributed by atoms with Gasteiger partial charge in [-0.1, -0.05) is 47.1 Å². The Morgan fingerprint density at radius 3 is 2.48 bits per heavy atom. The zero-order valence-electron chi connectivity index (χ0n) is 13.1. The first-order valence-corrected chi connectivity index (χ1v) is 8.22. The molecule has 0 aliphatic carbocycles. The number of hydrogen-bond acceptors (Lipinski definition) is 3. The van der Waals surface area contributed by atoms with Crippen LogP contribution >= 0.6 is 15.9 Å². The van der Waals surface area contributed by atoms with Crippen molar-refractivity contribution in [2.24, 2.45) is 5.10 Å². The first kappa shape index (κ1) is 17.2. The zero-order valence-corrected chi connectivity index (χ0v) is 14.7. The number of hydrazone groups is 1. The molecule has 0 bridgehead atoms. The summed E-state index contributed by atoms with van der Waals surface area (Å²) in [6, 6.07) is 15.3. The first-order chi connectivity index (χ1) is 11.1. The van der Waals surface area contributed by atoms with E-state index in [1.807, 2.05) is 48.5 Å². The van der Waals surface area contributed by atoms with Gasteiger partial charge in [-0.15, -0.1) is 0 Å². The summed E-state index contributed by atoms with van der Waals surface area (Å²) >= 11 is 3.37. The van der Waals surface area contributed by atoms with Gasteiger partial charge in [-0.05, 0) is 48.7 Å². The number of carbonyl (C=O) groups excluding carboxylic acids is 1. The van der Waals surface area contributed by atoms with Crippen molar-refractivity contribution in [2.45, 2.75) is 26.4 Å². The van der Waals surface area contributed by atoms with E-state index in [9.17, 15) is 4.79 Å².